The largest absolute Gasteiger partial charge is 0.465 e. The van der Waals surface area contributed by atoms with Crippen LogP contribution >= 0.6 is 0 Å². The van der Waals surface area contributed by atoms with Crippen LogP contribution in [-0.4, -0.2) is 81.9 Å². The number of methoxy groups -OCH3 is 1. The van der Waals surface area contributed by atoms with E-state index in [9.17, 15) is 14.7 Å². The third-order valence-electron chi connectivity index (χ3n) is 11.6. The minimum atomic E-state index is -0.916. The van der Waals surface area contributed by atoms with Crippen LogP contribution in [0.15, 0.2) is 46.9 Å². The van der Waals surface area contributed by atoms with Gasteiger partial charge in [-0.25, -0.2) is 4.79 Å². The van der Waals surface area contributed by atoms with Crippen molar-refractivity contribution in [3.8, 4) is 11.5 Å². The van der Waals surface area contributed by atoms with E-state index in [0.29, 0.717) is 29.7 Å². The van der Waals surface area contributed by atoms with E-state index in [4.69, 9.17) is 9.15 Å². The molecular weight excluding hydrogens is 604 g/mol. The van der Waals surface area contributed by atoms with Gasteiger partial charge in [-0.3, -0.25) is 9.69 Å². The first-order chi connectivity index (χ1) is 23.0. The molecule has 48 heavy (non-hydrogen) atoms. The number of hydrogen-bond acceptors (Lipinski definition) is 5. The summed E-state index contributed by atoms with van der Waals surface area (Å²) in [5, 5.41) is 12.3. The Morgan fingerprint density at radius 2 is 1.77 bits per heavy atom. The summed E-state index contributed by atoms with van der Waals surface area (Å²) >= 11 is 0. The molecule has 1 N–H and O–H groups in total. The van der Waals surface area contributed by atoms with Crippen LogP contribution in [0.2, 0.25) is 0 Å². The second-order valence-electron chi connectivity index (χ2n) is 15.7. The van der Waals surface area contributed by atoms with E-state index >= 15 is 0 Å². The van der Waals surface area contributed by atoms with Crippen molar-refractivity contribution in [3.63, 3.8) is 0 Å². The van der Waals surface area contributed by atoms with Gasteiger partial charge in [0.2, 0.25) is 0 Å². The van der Waals surface area contributed by atoms with Crippen molar-refractivity contribution < 1.29 is 23.8 Å². The smallest absolute Gasteiger partial charge is 0.408 e. The normalized spacial score (nSPS) is 23.1. The number of rotatable bonds is 7. The monoisotopic (exact) mass is 652 g/mol. The van der Waals surface area contributed by atoms with Crippen molar-refractivity contribution in [2.75, 3.05) is 31.6 Å². The number of benzene rings is 2. The first-order valence-corrected chi connectivity index (χ1v) is 17.8. The molecule has 254 valence electrons. The third-order valence-corrected chi connectivity index (χ3v) is 11.6. The van der Waals surface area contributed by atoms with Crippen molar-refractivity contribution in [2.45, 2.75) is 96.5 Å². The first kappa shape index (κ1) is 31.3. The Hall–Kier alpha value is -3.98. The van der Waals surface area contributed by atoms with Gasteiger partial charge in [0.25, 0.3) is 5.91 Å². The number of fused-ring (bicyclic) bond motifs is 4. The molecule has 2 saturated heterocycles. The summed E-state index contributed by atoms with van der Waals surface area (Å²) in [6, 6.07) is 14.6. The van der Waals surface area contributed by atoms with Crippen LogP contribution in [-0.2, 0) is 11.3 Å². The van der Waals surface area contributed by atoms with E-state index in [1.165, 1.54) is 29.4 Å². The predicted octanol–water partition coefficient (Wildman–Crippen LogP) is 7.77. The highest BCUT2D eigenvalue weighted by molar-refractivity contribution is 6.00. The summed E-state index contributed by atoms with van der Waals surface area (Å²) in [6.45, 7) is 11.5. The van der Waals surface area contributed by atoms with E-state index in [-0.39, 0.29) is 23.9 Å². The van der Waals surface area contributed by atoms with E-state index in [1.54, 1.807) is 4.90 Å². The fraction of sp³-hybridized carbons (Fsp3) is 0.538. The van der Waals surface area contributed by atoms with Crippen LogP contribution in [0, 0.1) is 18.8 Å². The zero-order valence-electron chi connectivity index (χ0n) is 28.9. The molecule has 9 nitrogen and oxygen atoms in total. The molecule has 2 saturated carbocycles. The Labute approximate surface area is 282 Å². The maximum absolute atomic E-state index is 14.0. The van der Waals surface area contributed by atoms with Crippen molar-refractivity contribution in [3.05, 3.63) is 53.6 Å². The molecular formula is C39H48N4O5. The third kappa shape index (κ3) is 5.25. The first-order valence-electron chi connectivity index (χ1n) is 17.8. The number of anilines is 1. The lowest BCUT2D eigenvalue weighted by atomic mass is 9.98. The summed E-state index contributed by atoms with van der Waals surface area (Å²) in [5.74, 6) is 1.65. The number of ether oxygens (including phenoxy) is 1. The molecule has 2 aliphatic heterocycles. The van der Waals surface area contributed by atoms with Gasteiger partial charge in [-0.05, 0) is 108 Å². The number of amides is 2. The molecule has 4 fully saturated rings. The van der Waals surface area contributed by atoms with Crippen molar-refractivity contribution in [1.29, 1.82) is 0 Å². The minimum Gasteiger partial charge on any atom is -0.465 e. The molecule has 2 aliphatic carbocycles. The molecule has 0 radical (unpaired) electrons. The molecule has 0 spiro atoms. The zero-order chi connectivity index (χ0) is 33.5. The van der Waals surface area contributed by atoms with Gasteiger partial charge in [0.1, 0.15) is 5.58 Å². The highest BCUT2D eigenvalue weighted by atomic mass is 16.5. The number of carboxylic acid groups (broad SMARTS) is 1. The number of aryl methyl sites for hydroxylation is 1. The Bertz CT molecular complexity index is 1890. The van der Waals surface area contributed by atoms with Crippen LogP contribution < -0.4 is 4.90 Å². The van der Waals surface area contributed by atoms with Gasteiger partial charge in [0.05, 0.1) is 29.4 Å². The lowest BCUT2D eigenvalue weighted by molar-refractivity contribution is 0.0503. The molecule has 9 heteroatoms. The summed E-state index contributed by atoms with van der Waals surface area (Å²) in [7, 11) is 1.81. The Balaban J connectivity index is 1.11. The standard InChI is InChI=1S/C39H48N4O5/c1-23-30-12-9-26(37(44)42-22-27-10-13-31(42)35(27)43(38(45)46)39(2,3)4)19-34(30)48-36(23)33-18-25-8-11-28(40-16-14-29(47-5)15-17-40)20-32(25)41(33)21-24-6-7-24/h8-9,11-12,18-20,24,27,29,31,35H,6-7,10,13-17,21-22H2,1-5H3,(H,45,46)/t27?,31?,35-/m1/s1. The second kappa shape index (κ2) is 11.6. The zero-order valence-corrected chi connectivity index (χ0v) is 28.9. The topological polar surface area (TPSA) is 91.4 Å². The maximum Gasteiger partial charge on any atom is 0.408 e. The van der Waals surface area contributed by atoms with Gasteiger partial charge in [-0.15, -0.1) is 0 Å². The maximum atomic E-state index is 14.0. The highest BCUT2D eigenvalue weighted by Gasteiger charge is 2.54. The molecule has 3 atom stereocenters. The number of carbonyl (C=O) groups excluding carboxylic acids is 1. The van der Waals surface area contributed by atoms with Crippen LogP contribution in [0.3, 0.4) is 0 Å². The average Bonchev–Trinajstić information content (AvgIpc) is 3.40. The number of aromatic nitrogens is 1. The Kier molecular flexibility index (Phi) is 7.55. The Morgan fingerprint density at radius 1 is 1.00 bits per heavy atom. The molecule has 8 rings (SSSR count). The lowest BCUT2D eigenvalue weighted by Crippen LogP contribution is -2.55. The summed E-state index contributed by atoms with van der Waals surface area (Å²) in [4.78, 5) is 32.4. The molecule has 2 bridgehead atoms. The lowest BCUT2D eigenvalue weighted by Gasteiger charge is -2.40. The molecule has 2 unspecified atom stereocenters. The van der Waals surface area contributed by atoms with Gasteiger partial charge in [0.15, 0.2) is 5.76 Å². The average molecular weight is 653 g/mol. The summed E-state index contributed by atoms with van der Waals surface area (Å²) in [6.07, 6.45) is 5.81. The fourth-order valence-corrected chi connectivity index (χ4v) is 8.95. The molecule has 2 aromatic heterocycles. The number of hydrogen-bond donors (Lipinski definition) is 1. The SMILES string of the molecule is COC1CCN(c2ccc3cc(-c4oc5cc(C(=O)N6CC7CCC6[C@@H]7N(C(=O)O)C(C)(C)C)ccc5c4C)n(CC4CC4)c3c2)CC1. The van der Waals surface area contributed by atoms with Gasteiger partial charge in [-0.1, -0.05) is 12.1 Å². The van der Waals surface area contributed by atoms with E-state index in [2.05, 4.69) is 40.7 Å². The molecule has 2 amide bonds. The minimum absolute atomic E-state index is 0.0474. The van der Waals surface area contributed by atoms with Crippen LogP contribution in [0.1, 0.15) is 75.2 Å². The Morgan fingerprint density at radius 3 is 2.46 bits per heavy atom. The van der Waals surface area contributed by atoms with Crippen LogP contribution in [0.4, 0.5) is 10.5 Å². The molecule has 4 aliphatic rings. The predicted molar refractivity (Wildman–Crippen MR) is 188 cm³/mol. The van der Waals surface area contributed by atoms with E-state index < -0.39 is 11.6 Å². The van der Waals surface area contributed by atoms with Gasteiger partial charge < -0.3 is 28.6 Å². The number of carbonyl (C=O) groups is 2. The van der Waals surface area contributed by atoms with E-state index in [0.717, 1.165) is 67.7 Å². The highest BCUT2D eigenvalue weighted by Crippen LogP contribution is 2.45. The van der Waals surface area contributed by atoms with Crippen LogP contribution in [0.25, 0.3) is 33.3 Å². The van der Waals surface area contributed by atoms with E-state index in [1.807, 2.05) is 51.0 Å². The van der Waals surface area contributed by atoms with Crippen molar-refractivity contribution in [1.82, 2.24) is 14.4 Å². The second-order valence-corrected chi connectivity index (χ2v) is 15.7. The van der Waals surface area contributed by atoms with Crippen molar-refractivity contribution in [2.24, 2.45) is 11.8 Å². The van der Waals surface area contributed by atoms with Gasteiger partial charge in [0, 0.05) is 66.4 Å². The molecule has 4 heterocycles. The summed E-state index contributed by atoms with van der Waals surface area (Å²) in [5.41, 5.74) is 5.42. The van der Waals surface area contributed by atoms with Crippen LogP contribution in [0.5, 0.6) is 0 Å². The number of likely N-dealkylation sites (tertiary alicyclic amines) is 1. The molecule has 2 aromatic carbocycles. The van der Waals surface area contributed by atoms with Gasteiger partial charge in [-0.2, -0.15) is 0 Å². The quantitative estimate of drug-likeness (QED) is 0.219. The number of furan rings is 1. The fourth-order valence-electron chi connectivity index (χ4n) is 8.95. The molecule has 4 aromatic rings. The van der Waals surface area contributed by atoms with Gasteiger partial charge >= 0.3 is 6.09 Å². The number of nitrogens with zero attached hydrogens (tertiary/aromatic N) is 4. The summed E-state index contributed by atoms with van der Waals surface area (Å²) < 4.78 is 14.7. The van der Waals surface area contributed by atoms with Crippen molar-refractivity contribution >= 4 is 39.6 Å². The number of piperidine rings is 2.